The van der Waals surface area contributed by atoms with Gasteiger partial charge in [0, 0.05) is 44.5 Å². The second-order valence-electron chi connectivity index (χ2n) is 9.57. The Morgan fingerprint density at radius 3 is 2.80 bits per heavy atom. The molecule has 0 saturated carbocycles. The van der Waals surface area contributed by atoms with Gasteiger partial charge in [0.15, 0.2) is 0 Å². The average molecular weight is 544 g/mol. The van der Waals surface area contributed by atoms with E-state index in [-0.39, 0.29) is 12.1 Å². The number of aryl methyl sites for hydroxylation is 1. The summed E-state index contributed by atoms with van der Waals surface area (Å²) in [5.41, 5.74) is 3.87. The number of nitrogens with zero attached hydrogens (tertiary/aromatic N) is 4. The maximum Gasteiger partial charge on any atom is 0.319 e. The highest BCUT2D eigenvalue weighted by Gasteiger charge is 2.18. The smallest absolute Gasteiger partial charge is 0.319 e. The first-order chi connectivity index (χ1) is 19.5. The predicted molar refractivity (Wildman–Crippen MR) is 152 cm³/mol. The summed E-state index contributed by atoms with van der Waals surface area (Å²) in [6, 6.07) is 9.40. The SMILES string of the molecule is COC1C=C(Oc2ccc(Nc3c(C#N)cnn4cc(NC(=O)NCCN5CCOCC5)c(C)c34)cc2)C=CC1. The predicted octanol–water partition coefficient (Wildman–Crippen LogP) is 3.95. The zero-order chi connectivity index (χ0) is 27.9. The number of hydrogen-bond donors (Lipinski definition) is 3. The summed E-state index contributed by atoms with van der Waals surface area (Å²) in [7, 11) is 1.68. The maximum atomic E-state index is 12.6. The van der Waals surface area contributed by atoms with Gasteiger partial charge in [0.25, 0.3) is 0 Å². The van der Waals surface area contributed by atoms with E-state index >= 15 is 0 Å². The Labute approximate surface area is 233 Å². The molecule has 1 saturated heterocycles. The number of anilines is 3. The molecule has 1 fully saturated rings. The molecule has 208 valence electrons. The molecule has 5 rings (SSSR count). The molecular formula is C29H33N7O4. The average Bonchev–Trinajstić information content (AvgIpc) is 3.29. The first-order valence-electron chi connectivity index (χ1n) is 13.3. The van der Waals surface area contributed by atoms with E-state index in [9.17, 15) is 10.1 Å². The molecule has 2 aliphatic rings. The first kappa shape index (κ1) is 27.2. The number of amides is 2. The number of nitriles is 1. The number of fused-ring (bicyclic) bond motifs is 1. The molecule has 1 aromatic carbocycles. The van der Waals surface area contributed by atoms with Crippen molar-refractivity contribution in [1.29, 1.82) is 5.26 Å². The Bertz CT molecular complexity index is 1450. The summed E-state index contributed by atoms with van der Waals surface area (Å²) in [5, 5.41) is 23.4. The van der Waals surface area contributed by atoms with Gasteiger partial charge in [0.05, 0.1) is 54.2 Å². The minimum atomic E-state index is -0.294. The van der Waals surface area contributed by atoms with Crippen molar-refractivity contribution in [3.63, 3.8) is 0 Å². The fraction of sp³-hybridized carbons (Fsp3) is 0.345. The molecule has 3 heterocycles. The Hall–Kier alpha value is -4.37. The van der Waals surface area contributed by atoms with E-state index in [2.05, 4.69) is 32.0 Å². The van der Waals surface area contributed by atoms with E-state index in [1.54, 1.807) is 17.8 Å². The second-order valence-corrected chi connectivity index (χ2v) is 9.57. The number of urea groups is 1. The largest absolute Gasteiger partial charge is 0.458 e. The van der Waals surface area contributed by atoms with Crippen LogP contribution in [0.15, 0.2) is 60.6 Å². The lowest BCUT2D eigenvalue weighted by molar-refractivity contribution is 0.0388. The maximum absolute atomic E-state index is 12.6. The molecule has 0 bridgehead atoms. The summed E-state index contributed by atoms with van der Waals surface area (Å²) in [6.45, 7) is 6.37. The van der Waals surface area contributed by atoms with Crippen LogP contribution in [0.1, 0.15) is 17.5 Å². The highest BCUT2D eigenvalue weighted by molar-refractivity contribution is 5.94. The molecule has 1 atom stereocenters. The number of hydrogen-bond acceptors (Lipinski definition) is 8. The summed E-state index contributed by atoms with van der Waals surface area (Å²) >= 11 is 0. The van der Waals surface area contributed by atoms with Crippen molar-refractivity contribution in [2.24, 2.45) is 0 Å². The van der Waals surface area contributed by atoms with Gasteiger partial charge in [0.1, 0.15) is 17.6 Å². The van der Waals surface area contributed by atoms with Crippen molar-refractivity contribution in [3.8, 4) is 11.8 Å². The molecule has 40 heavy (non-hydrogen) atoms. The Kier molecular flexibility index (Phi) is 8.61. The van der Waals surface area contributed by atoms with Gasteiger partial charge >= 0.3 is 6.03 Å². The number of carbonyl (C=O) groups excluding carboxylic acids is 1. The topological polar surface area (TPSA) is 125 Å². The van der Waals surface area contributed by atoms with Gasteiger partial charge < -0.3 is 30.2 Å². The minimum Gasteiger partial charge on any atom is -0.458 e. The van der Waals surface area contributed by atoms with Crippen LogP contribution in [0.5, 0.6) is 5.75 Å². The number of aromatic nitrogens is 2. The quantitative estimate of drug-likeness (QED) is 0.371. The monoisotopic (exact) mass is 543 g/mol. The van der Waals surface area contributed by atoms with E-state index in [1.165, 1.54) is 6.20 Å². The van der Waals surface area contributed by atoms with Gasteiger partial charge in [-0.1, -0.05) is 6.08 Å². The van der Waals surface area contributed by atoms with Crippen LogP contribution in [-0.4, -0.2) is 73.2 Å². The van der Waals surface area contributed by atoms with Gasteiger partial charge in [-0.25, -0.2) is 9.31 Å². The van der Waals surface area contributed by atoms with Crippen molar-refractivity contribution in [1.82, 2.24) is 19.8 Å². The number of rotatable bonds is 9. The molecule has 11 heteroatoms. The third-order valence-corrected chi connectivity index (χ3v) is 6.91. The molecule has 0 spiro atoms. The Balaban J connectivity index is 1.28. The van der Waals surface area contributed by atoms with Gasteiger partial charge in [-0.2, -0.15) is 10.4 Å². The van der Waals surface area contributed by atoms with Gasteiger partial charge in [0.2, 0.25) is 0 Å². The zero-order valence-electron chi connectivity index (χ0n) is 22.6. The van der Waals surface area contributed by atoms with Crippen LogP contribution in [-0.2, 0) is 9.47 Å². The van der Waals surface area contributed by atoms with Crippen molar-refractivity contribution in [3.05, 3.63) is 71.8 Å². The van der Waals surface area contributed by atoms with Crippen LogP contribution in [0, 0.1) is 18.3 Å². The number of nitrogens with one attached hydrogen (secondary N) is 3. The molecule has 1 aliphatic heterocycles. The zero-order valence-corrected chi connectivity index (χ0v) is 22.6. The van der Waals surface area contributed by atoms with Crippen molar-refractivity contribution in [2.75, 3.05) is 57.1 Å². The van der Waals surface area contributed by atoms with E-state index < -0.39 is 0 Å². The number of allylic oxidation sites excluding steroid dienone is 1. The van der Waals surface area contributed by atoms with E-state index in [4.69, 9.17) is 14.2 Å². The van der Waals surface area contributed by atoms with Crippen LogP contribution in [0.2, 0.25) is 0 Å². The van der Waals surface area contributed by atoms with Gasteiger partial charge in [-0.05, 0) is 49.8 Å². The van der Waals surface area contributed by atoms with Crippen molar-refractivity contribution < 1.29 is 19.0 Å². The first-order valence-corrected chi connectivity index (χ1v) is 13.3. The van der Waals surface area contributed by atoms with Crippen LogP contribution in [0.4, 0.5) is 21.9 Å². The molecular weight excluding hydrogens is 510 g/mol. The van der Waals surface area contributed by atoms with Gasteiger partial charge in [-0.3, -0.25) is 4.90 Å². The Morgan fingerprint density at radius 2 is 2.05 bits per heavy atom. The molecule has 1 aliphatic carbocycles. The molecule has 2 amide bonds. The molecule has 0 radical (unpaired) electrons. The van der Waals surface area contributed by atoms with Crippen LogP contribution < -0.4 is 20.7 Å². The highest BCUT2D eigenvalue weighted by atomic mass is 16.5. The molecule has 3 aromatic rings. The van der Waals surface area contributed by atoms with Crippen LogP contribution >= 0.6 is 0 Å². The summed E-state index contributed by atoms with van der Waals surface area (Å²) in [6.07, 6.45) is 9.98. The highest BCUT2D eigenvalue weighted by Crippen LogP contribution is 2.33. The minimum absolute atomic E-state index is 0.00489. The molecule has 2 aromatic heterocycles. The molecule has 1 unspecified atom stereocenters. The number of benzene rings is 1. The fourth-order valence-electron chi connectivity index (χ4n) is 4.69. The third-order valence-electron chi connectivity index (χ3n) is 6.91. The number of methoxy groups -OCH3 is 1. The lowest BCUT2D eigenvalue weighted by Gasteiger charge is -2.26. The van der Waals surface area contributed by atoms with Crippen molar-refractivity contribution >= 4 is 28.6 Å². The fourth-order valence-corrected chi connectivity index (χ4v) is 4.69. The lowest BCUT2D eigenvalue weighted by Crippen LogP contribution is -2.42. The van der Waals surface area contributed by atoms with E-state index in [0.717, 1.165) is 56.3 Å². The second kappa shape index (κ2) is 12.7. The summed E-state index contributed by atoms with van der Waals surface area (Å²) in [5.74, 6) is 1.42. The summed E-state index contributed by atoms with van der Waals surface area (Å²) < 4.78 is 18.4. The number of ether oxygens (including phenoxy) is 3. The molecule has 11 nitrogen and oxygen atoms in total. The van der Waals surface area contributed by atoms with Gasteiger partial charge in [-0.15, -0.1) is 0 Å². The third kappa shape index (κ3) is 6.43. The van der Waals surface area contributed by atoms with Crippen LogP contribution in [0.25, 0.3) is 5.52 Å². The normalized spacial score (nSPS) is 17.2. The van der Waals surface area contributed by atoms with E-state index in [1.807, 2.05) is 49.4 Å². The standard InChI is InChI=1S/C29H33N7O4/c1-20-26(34-29(37)31-10-11-35-12-14-39-15-13-35)19-36-28(20)27(21(17-30)18-32-36)33-22-6-8-23(9-7-22)40-25-5-3-4-24(16-25)38-2/h3,5-9,16,18-19,24,33H,4,10-15H2,1-2H3,(H2,31,34,37). The van der Waals surface area contributed by atoms with E-state index in [0.29, 0.717) is 34.7 Å². The molecule has 3 N–H and O–H groups in total. The Morgan fingerprint density at radius 1 is 1.25 bits per heavy atom. The number of carbonyl (C=O) groups is 1. The van der Waals surface area contributed by atoms with Crippen LogP contribution in [0.3, 0.4) is 0 Å². The number of morpholine rings is 1. The lowest BCUT2D eigenvalue weighted by atomic mass is 10.1. The summed E-state index contributed by atoms with van der Waals surface area (Å²) in [4.78, 5) is 14.9. The van der Waals surface area contributed by atoms with Crippen molar-refractivity contribution in [2.45, 2.75) is 19.4 Å².